The molecule has 0 saturated heterocycles. The fraction of sp³-hybridized carbons (Fsp3) is 0.364. The summed E-state index contributed by atoms with van der Waals surface area (Å²) in [7, 11) is 0. The predicted molar refractivity (Wildman–Crippen MR) is 58.8 cm³/mol. The van der Waals surface area contributed by atoms with Crippen LogP contribution in [-0.4, -0.2) is 29.5 Å². The summed E-state index contributed by atoms with van der Waals surface area (Å²) >= 11 is 0. The predicted octanol–water partition coefficient (Wildman–Crippen LogP) is 0.431. The molecule has 0 fully saturated rings. The van der Waals surface area contributed by atoms with Crippen molar-refractivity contribution in [2.75, 3.05) is 19.6 Å². The van der Waals surface area contributed by atoms with Gasteiger partial charge in [-0.25, -0.2) is 0 Å². The highest BCUT2D eigenvalue weighted by Crippen LogP contribution is 2.17. The maximum Gasteiger partial charge on any atom is 0.0879 e. The van der Waals surface area contributed by atoms with E-state index < -0.39 is 0 Å². The van der Waals surface area contributed by atoms with E-state index in [0.717, 1.165) is 5.56 Å². The van der Waals surface area contributed by atoms with E-state index in [1.54, 1.807) is 17.3 Å². The highest BCUT2D eigenvalue weighted by atomic mass is 15.2. The molecule has 16 heavy (non-hydrogen) atoms. The molecule has 1 aromatic heterocycles. The maximum atomic E-state index is 8.70. The zero-order valence-corrected chi connectivity index (χ0v) is 8.87. The topological polar surface area (TPSA) is 89.7 Å². The number of pyridine rings is 1. The molecule has 1 unspecified atom stereocenters. The largest absolute Gasteiger partial charge is 0.329 e. The molecule has 0 aliphatic carbocycles. The number of rotatable bonds is 5. The van der Waals surface area contributed by atoms with Crippen LogP contribution in [0.25, 0.3) is 0 Å². The molecular formula is C11H13N5. The summed E-state index contributed by atoms with van der Waals surface area (Å²) in [5, 5.41) is 17.4. The average Bonchev–Trinajstić information content (AvgIpc) is 2.32. The lowest BCUT2D eigenvalue weighted by Gasteiger charge is -2.26. The Balaban J connectivity index is 2.88. The summed E-state index contributed by atoms with van der Waals surface area (Å²) < 4.78 is 0. The second kappa shape index (κ2) is 6.52. The summed E-state index contributed by atoms with van der Waals surface area (Å²) in [6, 6.07) is 7.67. The molecule has 5 heteroatoms. The van der Waals surface area contributed by atoms with E-state index in [0.29, 0.717) is 6.54 Å². The molecule has 2 N–H and O–H groups in total. The lowest BCUT2D eigenvalue weighted by molar-refractivity contribution is 0.254. The molecule has 0 spiro atoms. The molecule has 1 aromatic rings. The molecule has 1 atom stereocenters. The van der Waals surface area contributed by atoms with E-state index in [1.165, 1.54) is 0 Å². The second-order valence-corrected chi connectivity index (χ2v) is 3.25. The van der Waals surface area contributed by atoms with E-state index in [9.17, 15) is 0 Å². The van der Waals surface area contributed by atoms with Crippen molar-refractivity contribution in [1.29, 1.82) is 10.5 Å². The highest BCUT2D eigenvalue weighted by molar-refractivity contribution is 5.16. The maximum absolute atomic E-state index is 8.70. The summed E-state index contributed by atoms with van der Waals surface area (Å²) in [4.78, 5) is 5.67. The number of nitriles is 2. The molecule has 0 aromatic carbocycles. The third-order valence-electron chi connectivity index (χ3n) is 2.30. The first-order valence-electron chi connectivity index (χ1n) is 4.91. The SMILES string of the molecule is N#CCN(CC#N)C(CN)c1ccncc1. The Kier molecular flexibility index (Phi) is 4.94. The van der Waals surface area contributed by atoms with Crippen molar-refractivity contribution in [3.05, 3.63) is 30.1 Å². The van der Waals surface area contributed by atoms with Crippen molar-refractivity contribution < 1.29 is 0 Å². The molecule has 0 aliphatic rings. The summed E-state index contributed by atoms with van der Waals surface area (Å²) in [5.41, 5.74) is 6.66. The molecular weight excluding hydrogens is 202 g/mol. The van der Waals surface area contributed by atoms with Crippen LogP contribution >= 0.6 is 0 Å². The lowest BCUT2D eigenvalue weighted by Crippen LogP contribution is -2.34. The van der Waals surface area contributed by atoms with Crippen LogP contribution in [0.4, 0.5) is 0 Å². The second-order valence-electron chi connectivity index (χ2n) is 3.25. The Hall–Kier alpha value is -1.95. The van der Waals surface area contributed by atoms with Gasteiger partial charge in [-0.05, 0) is 17.7 Å². The molecule has 1 rings (SSSR count). The Morgan fingerprint density at radius 1 is 1.25 bits per heavy atom. The van der Waals surface area contributed by atoms with Crippen molar-refractivity contribution in [2.45, 2.75) is 6.04 Å². The van der Waals surface area contributed by atoms with Gasteiger partial charge in [0, 0.05) is 25.0 Å². The summed E-state index contributed by atoms with van der Waals surface area (Å²) in [6.07, 6.45) is 3.35. The van der Waals surface area contributed by atoms with E-state index in [1.807, 2.05) is 24.3 Å². The van der Waals surface area contributed by atoms with Crippen LogP contribution in [-0.2, 0) is 0 Å². The van der Waals surface area contributed by atoms with Crippen LogP contribution in [0.5, 0.6) is 0 Å². The van der Waals surface area contributed by atoms with Crippen LogP contribution in [0.2, 0.25) is 0 Å². The van der Waals surface area contributed by atoms with Gasteiger partial charge >= 0.3 is 0 Å². The average molecular weight is 215 g/mol. The minimum atomic E-state index is -0.109. The Bertz CT molecular complexity index is 373. The number of hydrogen-bond acceptors (Lipinski definition) is 5. The van der Waals surface area contributed by atoms with Crippen LogP contribution in [0.3, 0.4) is 0 Å². The van der Waals surface area contributed by atoms with Crippen molar-refractivity contribution in [3.8, 4) is 12.1 Å². The third-order valence-corrected chi connectivity index (χ3v) is 2.30. The Morgan fingerprint density at radius 3 is 2.25 bits per heavy atom. The minimum absolute atomic E-state index is 0.109. The fourth-order valence-corrected chi connectivity index (χ4v) is 1.54. The van der Waals surface area contributed by atoms with E-state index >= 15 is 0 Å². The molecule has 0 bridgehead atoms. The van der Waals surface area contributed by atoms with Gasteiger partial charge in [-0.2, -0.15) is 10.5 Å². The molecule has 82 valence electrons. The third kappa shape index (κ3) is 3.03. The fourth-order valence-electron chi connectivity index (χ4n) is 1.54. The first-order chi connectivity index (χ1) is 7.83. The Labute approximate surface area is 94.7 Å². The minimum Gasteiger partial charge on any atom is -0.329 e. The van der Waals surface area contributed by atoms with Gasteiger partial charge < -0.3 is 5.73 Å². The highest BCUT2D eigenvalue weighted by Gasteiger charge is 2.18. The Morgan fingerprint density at radius 2 is 1.81 bits per heavy atom. The van der Waals surface area contributed by atoms with Crippen molar-refractivity contribution in [3.63, 3.8) is 0 Å². The van der Waals surface area contributed by atoms with Crippen molar-refractivity contribution in [2.24, 2.45) is 5.73 Å². The van der Waals surface area contributed by atoms with Crippen LogP contribution in [0.15, 0.2) is 24.5 Å². The number of nitrogens with zero attached hydrogens (tertiary/aromatic N) is 4. The monoisotopic (exact) mass is 215 g/mol. The van der Waals surface area contributed by atoms with Gasteiger partial charge in [-0.1, -0.05) is 0 Å². The molecule has 1 heterocycles. The van der Waals surface area contributed by atoms with Crippen LogP contribution in [0, 0.1) is 22.7 Å². The van der Waals surface area contributed by atoms with E-state index in [4.69, 9.17) is 16.3 Å². The molecule has 5 nitrogen and oxygen atoms in total. The molecule has 0 amide bonds. The molecule has 0 radical (unpaired) electrons. The van der Waals surface area contributed by atoms with Gasteiger partial charge in [0.25, 0.3) is 0 Å². The van der Waals surface area contributed by atoms with Gasteiger partial charge in [-0.3, -0.25) is 9.88 Å². The van der Waals surface area contributed by atoms with E-state index in [2.05, 4.69) is 4.98 Å². The smallest absolute Gasteiger partial charge is 0.0879 e. The summed E-state index contributed by atoms with van der Waals surface area (Å²) in [5.74, 6) is 0. The summed E-state index contributed by atoms with van der Waals surface area (Å²) in [6.45, 7) is 0.753. The van der Waals surface area contributed by atoms with Gasteiger partial charge in [-0.15, -0.1) is 0 Å². The quantitative estimate of drug-likeness (QED) is 0.719. The first-order valence-corrected chi connectivity index (χ1v) is 4.91. The standard InChI is InChI=1S/C11H13N5/c12-3-7-16(8-4-13)11(9-14)10-1-5-15-6-2-10/h1-2,5-6,11H,7-9,14H2. The zero-order valence-electron chi connectivity index (χ0n) is 8.87. The molecule has 0 saturated carbocycles. The van der Waals surface area contributed by atoms with E-state index in [-0.39, 0.29) is 19.1 Å². The van der Waals surface area contributed by atoms with Crippen molar-refractivity contribution >= 4 is 0 Å². The van der Waals surface area contributed by atoms with Gasteiger partial charge in [0.2, 0.25) is 0 Å². The number of hydrogen-bond donors (Lipinski definition) is 1. The normalized spacial score (nSPS) is 11.8. The number of nitrogens with two attached hydrogens (primary N) is 1. The van der Waals surface area contributed by atoms with Gasteiger partial charge in [0.05, 0.1) is 25.2 Å². The molecule has 0 aliphatic heterocycles. The van der Waals surface area contributed by atoms with Gasteiger partial charge in [0.15, 0.2) is 0 Å². The van der Waals surface area contributed by atoms with Gasteiger partial charge in [0.1, 0.15) is 0 Å². The first kappa shape index (κ1) is 12.1. The lowest BCUT2D eigenvalue weighted by atomic mass is 10.1. The van der Waals surface area contributed by atoms with Crippen LogP contribution in [0.1, 0.15) is 11.6 Å². The zero-order chi connectivity index (χ0) is 11.8. The van der Waals surface area contributed by atoms with Crippen molar-refractivity contribution in [1.82, 2.24) is 9.88 Å². The number of aromatic nitrogens is 1. The van der Waals surface area contributed by atoms with Crippen LogP contribution < -0.4 is 5.73 Å².